The predicted octanol–water partition coefficient (Wildman–Crippen LogP) is 2.31. The molecule has 0 fully saturated rings. The Morgan fingerprint density at radius 2 is 2.27 bits per heavy atom. The molecule has 0 spiro atoms. The Hall–Kier alpha value is -1.31. The van der Waals surface area contributed by atoms with Gasteiger partial charge in [0.25, 0.3) is 0 Å². The van der Waals surface area contributed by atoms with Gasteiger partial charge in [-0.15, -0.1) is 0 Å². The molecular formula is C9H12N2. The van der Waals surface area contributed by atoms with E-state index in [0.717, 1.165) is 11.4 Å². The van der Waals surface area contributed by atoms with Gasteiger partial charge < -0.3 is 4.57 Å². The van der Waals surface area contributed by atoms with Gasteiger partial charge in [0.1, 0.15) is 5.82 Å². The van der Waals surface area contributed by atoms with Crippen molar-refractivity contribution in [3.05, 3.63) is 23.9 Å². The van der Waals surface area contributed by atoms with Crippen molar-refractivity contribution in [2.24, 2.45) is 12.0 Å². The van der Waals surface area contributed by atoms with Gasteiger partial charge in [-0.25, -0.2) is 4.99 Å². The zero-order chi connectivity index (χ0) is 8.43. The van der Waals surface area contributed by atoms with Gasteiger partial charge >= 0.3 is 0 Å². The molecule has 1 aromatic rings. The third-order valence-electron chi connectivity index (χ3n) is 1.74. The predicted molar refractivity (Wildman–Crippen MR) is 49.5 cm³/mol. The van der Waals surface area contributed by atoms with E-state index in [0.29, 0.717) is 0 Å². The van der Waals surface area contributed by atoms with Crippen molar-refractivity contribution in [3.8, 4) is 0 Å². The van der Waals surface area contributed by atoms with Crippen LogP contribution in [0.5, 0.6) is 0 Å². The summed E-state index contributed by atoms with van der Waals surface area (Å²) >= 11 is 0. The Morgan fingerprint density at radius 1 is 1.64 bits per heavy atom. The van der Waals surface area contributed by atoms with Crippen molar-refractivity contribution in [1.82, 2.24) is 4.57 Å². The van der Waals surface area contributed by atoms with Crippen LogP contribution in [0.1, 0.15) is 11.1 Å². The first-order valence-corrected chi connectivity index (χ1v) is 3.45. The van der Waals surface area contributed by atoms with E-state index < -0.39 is 0 Å². The van der Waals surface area contributed by atoms with Crippen LogP contribution < -0.4 is 0 Å². The van der Waals surface area contributed by atoms with Gasteiger partial charge in [-0.1, -0.05) is 12.7 Å². The quantitative estimate of drug-likeness (QED) is 0.573. The van der Waals surface area contributed by atoms with E-state index >= 15 is 0 Å². The molecule has 0 bridgehead atoms. The molecule has 0 N–H and O–H groups in total. The Bertz CT molecular complexity index is 266. The van der Waals surface area contributed by atoms with Crippen LogP contribution in [0.2, 0.25) is 0 Å². The fourth-order valence-corrected chi connectivity index (χ4v) is 1.24. The molecule has 0 saturated heterocycles. The van der Waals surface area contributed by atoms with Crippen LogP contribution >= 0.6 is 0 Å². The lowest BCUT2D eigenvalue weighted by Crippen LogP contribution is -1.81. The van der Waals surface area contributed by atoms with Crippen LogP contribution in [0, 0.1) is 6.92 Å². The minimum atomic E-state index is 0.887. The van der Waals surface area contributed by atoms with Gasteiger partial charge in [-0.05, 0) is 19.2 Å². The van der Waals surface area contributed by atoms with Crippen molar-refractivity contribution in [1.29, 1.82) is 0 Å². The molecule has 0 saturated carbocycles. The molecule has 1 rings (SSSR count). The van der Waals surface area contributed by atoms with Crippen LogP contribution in [0.15, 0.2) is 17.8 Å². The fraction of sp³-hybridized carbons (Fsp3) is 0.222. The zero-order valence-corrected chi connectivity index (χ0v) is 6.96. The number of hydrogen-bond donors (Lipinski definition) is 0. The van der Waals surface area contributed by atoms with Crippen LogP contribution in [-0.4, -0.2) is 11.3 Å². The van der Waals surface area contributed by atoms with E-state index in [2.05, 4.69) is 18.3 Å². The summed E-state index contributed by atoms with van der Waals surface area (Å²) in [6.07, 6.45) is 3.82. The highest BCUT2D eigenvalue weighted by molar-refractivity contribution is 5.65. The van der Waals surface area contributed by atoms with Crippen LogP contribution in [-0.2, 0) is 7.05 Å². The molecule has 58 valence electrons. The molecule has 1 heterocycles. The third kappa shape index (κ3) is 1.11. The molecule has 0 aromatic carbocycles. The maximum absolute atomic E-state index is 3.90. The second-order valence-corrected chi connectivity index (χ2v) is 2.52. The van der Waals surface area contributed by atoms with Crippen LogP contribution in [0.4, 0.5) is 5.82 Å². The Balaban J connectivity index is 3.39. The van der Waals surface area contributed by atoms with Crippen molar-refractivity contribution in [2.75, 3.05) is 0 Å². The summed E-state index contributed by atoms with van der Waals surface area (Å²) in [5, 5.41) is 0. The highest BCUT2D eigenvalue weighted by Crippen LogP contribution is 2.24. The van der Waals surface area contributed by atoms with E-state index in [-0.39, 0.29) is 0 Å². The summed E-state index contributed by atoms with van der Waals surface area (Å²) in [5.74, 6) is 0.887. The van der Waals surface area contributed by atoms with E-state index in [1.165, 1.54) is 5.56 Å². The molecular weight excluding hydrogens is 136 g/mol. The van der Waals surface area contributed by atoms with Gasteiger partial charge in [-0.2, -0.15) is 0 Å². The fourth-order valence-electron chi connectivity index (χ4n) is 1.24. The molecule has 0 radical (unpaired) electrons. The van der Waals surface area contributed by atoms with Crippen LogP contribution in [0.3, 0.4) is 0 Å². The van der Waals surface area contributed by atoms with Crippen LogP contribution in [0.25, 0.3) is 6.08 Å². The maximum Gasteiger partial charge on any atom is 0.139 e. The first kappa shape index (κ1) is 7.79. The van der Waals surface area contributed by atoms with E-state index in [1.54, 1.807) is 6.08 Å². The van der Waals surface area contributed by atoms with Gasteiger partial charge in [0.05, 0.1) is 0 Å². The zero-order valence-electron chi connectivity index (χ0n) is 6.96. The molecule has 0 unspecified atom stereocenters. The molecule has 0 aliphatic heterocycles. The number of aryl methyl sites for hydroxylation is 2. The summed E-state index contributed by atoms with van der Waals surface area (Å²) < 4.78 is 1.94. The lowest BCUT2D eigenvalue weighted by molar-refractivity contribution is 0.924. The van der Waals surface area contributed by atoms with Gasteiger partial charge in [-0.3, -0.25) is 0 Å². The standard InChI is InChI=1S/C9H12N2/c1-5-8-7(2)6-11(4)9(8)10-3/h5-6H,1,3H2,2,4H3. The normalized spacial score (nSPS) is 9.64. The first-order chi connectivity index (χ1) is 5.20. The number of hydrogen-bond acceptors (Lipinski definition) is 1. The lowest BCUT2D eigenvalue weighted by Gasteiger charge is -1.95. The largest absolute Gasteiger partial charge is 0.335 e. The molecule has 2 nitrogen and oxygen atoms in total. The van der Waals surface area contributed by atoms with E-state index in [9.17, 15) is 0 Å². The van der Waals surface area contributed by atoms with Crippen molar-refractivity contribution >= 4 is 18.6 Å². The Labute approximate surface area is 66.9 Å². The average molecular weight is 148 g/mol. The van der Waals surface area contributed by atoms with Gasteiger partial charge in [0, 0.05) is 18.8 Å². The van der Waals surface area contributed by atoms with Gasteiger partial charge in [0.15, 0.2) is 0 Å². The minimum absolute atomic E-state index is 0.887. The molecule has 2 heteroatoms. The molecule has 0 amide bonds. The van der Waals surface area contributed by atoms with E-state index in [1.807, 2.05) is 24.7 Å². The third-order valence-corrected chi connectivity index (χ3v) is 1.74. The number of aliphatic imine (C=N–C) groups is 1. The highest BCUT2D eigenvalue weighted by atomic mass is 15.0. The summed E-state index contributed by atoms with van der Waals surface area (Å²) in [7, 11) is 1.95. The van der Waals surface area contributed by atoms with Crippen molar-refractivity contribution < 1.29 is 0 Å². The minimum Gasteiger partial charge on any atom is -0.335 e. The summed E-state index contributed by atoms with van der Waals surface area (Å²) in [4.78, 5) is 3.90. The SMILES string of the molecule is C=Cc1c(C)cn(C)c1N=C. The number of aromatic nitrogens is 1. The molecule has 0 aliphatic carbocycles. The Kier molecular flexibility index (Phi) is 1.94. The smallest absolute Gasteiger partial charge is 0.139 e. The first-order valence-electron chi connectivity index (χ1n) is 3.45. The number of rotatable bonds is 2. The lowest BCUT2D eigenvalue weighted by atomic mass is 10.2. The monoisotopic (exact) mass is 148 g/mol. The number of nitrogens with zero attached hydrogens (tertiary/aromatic N) is 2. The highest BCUT2D eigenvalue weighted by Gasteiger charge is 2.04. The average Bonchev–Trinajstić information content (AvgIpc) is 2.24. The summed E-state index contributed by atoms with van der Waals surface area (Å²) in [6, 6.07) is 0. The summed E-state index contributed by atoms with van der Waals surface area (Å²) in [5.41, 5.74) is 2.26. The summed E-state index contributed by atoms with van der Waals surface area (Å²) in [6.45, 7) is 9.24. The van der Waals surface area contributed by atoms with Crippen molar-refractivity contribution in [2.45, 2.75) is 6.92 Å². The molecule has 0 aliphatic rings. The molecule has 11 heavy (non-hydrogen) atoms. The van der Waals surface area contributed by atoms with E-state index in [4.69, 9.17) is 0 Å². The second kappa shape index (κ2) is 2.74. The topological polar surface area (TPSA) is 17.3 Å². The Morgan fingerprint density at radius 3 is 2.64 bits per heavy atom. The second-order valence-electron chi connectivity index (χ2n) is 2.52. The van der Waals surface area contributed by atoms with Crippen molar-refractivity contribution in [3.63, 3.8) is 0 Å². The molecule has 1 aromatic heterocycles. The maximum atomic E-state index is 3.90. The van der Waals surface area contributed by atoms with Gasteiger partial charge in [0.2, 0.25) is 0 Å². The molecule has 0 atom stereocenters.